The first-order chi connectivity index (χ1) is 21.6. The number of carbonyl (C=O) groups excluding carboxylic acids is 3. The van der Waals surface area contributed by atoms with Crippen LogP contribution in [0.15, 0.2) is 67.0 Å². The predicted molar refractivity (Wildman–Crippen MR) is 167 cm³/mol. The number of halogens is 2. The highest BCUT2D eigenvalue weighted by molar-refractivity contribution is 6.35. The number of anilines is 2. The number of carbonyl (C=O) groups is 3. The summed E-state index contributed by atoms with van der Waals surface area (Å²) in [6, 6.07) is 16.8. The maximum atomic E-state index is 14.0. The molecule has 7 rings (SSSR count). The van der Waals surface area contributed by atoms with Gasteiger partial charge in [0.2, 0.25) is 11.9 Å². The van der Waals surface area contributed by atoms with Crippen LogP contribution in [0, 0.1) is 18.3 Å². The number of aromatic nitrogens is 3. The average Bonchev–Trinajstić information content (AvgIpc) is 3.91. The van der Waals surface area contributed by atoms with E-state index in [9.17, 15) is 19.6 Å². The maximum Gasteiger partial charge on any atom is 0.270 e. The lowest BCUT2D eigenvalue weighted by Gasteiger charge is -2.23. The summed E-state index contributed by atoms with van der Waals surface area (Å²) in [4.78, 5) is 51.9. The second kappa shape index (κ2) is 10.7. The lowest BCUT2D eigenvalue weighted by molar-refractivity contribution is -0.125. The number of aryl methyl sites for hydroxylation is 1. The first kappa shape index (κ1) is 29.0. The molecule has 0 saturated heterocycles. The van der Waals surface area contributed by atoms with E-state index in [4.69, 9.17) is 23.2 Å². The van der Waals surface area contributed by atoms with Gasteiger partial charge in [0.15, 0.2) is 0 Å². The molecule has 2 N–H and O–H groups in total. The van der Waals surface area contributed by atoms with Crippen molar-refractivity contribution in [2.75, 3.05) is 4.90 Å². The number of hydrogen-bond acceptors (Lipinski definition) is 6. The second-order valence-electron chi connectivity index (χ2n) is 11.9. The topological polar surface area (TPSA) is 133 Å². The standard InChI is InChI=1S/C33H27Cl2N7O3/c1-19-6-11-37-27(12-19)32(7-8-32)40-30(45)33(9-10-33)39-28(43)26-18-38-31-41(24-15-22(34)14-23(35)16-24)29(44)25(42(26)31)13-20-2-4-21(17-36)5-3-20/h2-6,11-12,14-16,18,25H,7-10,13H2,1H3,(H,39,43)(H,40,45). The van der Waals surface area contributed by atoms with Crippen LogP contribution < -0.4 is 15.5 Å². The van der Waals surface area contributed by atoms with E-state index in [1.54, 1.807) is 53.2 Å². The number of pyridine rings is 1. The number of imidazole rings is 1. The molecule has 3 heterocycles. The molecule has 45 heavy (non-hydrogen) atoms. The lowest BCUT2D eigenvalue weighted by atomic mass is 10.0. The molecule has 2 saturated carbocycles. The van der Waals surface area contributed by atoms with E-state index in [1.165, 1.54) is 11.1 Å². The van der Waals surface area contributed by atoms with Crippen LogP contribution in [0.5, 0.6) is 0 Å². The quantitative estimate of drug-likeness (QED) is 0.269. The monoisotopic (exact) mass is 639 g/mol. The highest BCUT2D eigenvalue weighted by Crippen LogP contribution is 2.47. The van der Waals surface area contributed by atoms with Crippen LogP contribution in [0.4, 0.5) is 11.6 Å². The van der Waals surface area contributed by atoms with Gasteiger partial charge in [-0.25, -0.2) is 9.88 Å². The molecule has 10 nitrogen and oxygen atoms in total. The minimum Gasteiger partial charge on any atom is -0.343 e. The van der Waals surface area contributed by atoms with E-state index in [1.807, 2.05) is 19.1 Å². The number of nitrogens with one attached hydrogen (secondary N) is 2. The number of amides is 3. The normalized spacial score (nSPS) is 18.6. The van der Waals surface area contributed by atoms with Crippen LogP contribution in [-0.4, -0.2) is 37.8 Å². The first-order valence-corrected chi connectivity index (χ1v) is 15.3. The number of nitrogens with zero attached hydrogens (tertiary/aromatic N) is 5. The van der Waals surface area contributed by atoms with Gasteiger partial charge in [0, 0.05) is 22.7 Å². The van der Waals surface area contributed by atoms with Crippen molar-refractivity contribution in [3.05, 3.63) is 105 Å². The average molecular weight is 641 g/mol. The summed E-state index contributed by atoms with van der Waals surface area (Å²) in [6.45, 7) is 1.98. The van der Waals surface area contributed by atoms with Crippen molar-refractivity contribution in [2.45, 2.75) is 56.1 Å². The molecule has 1 aliphatic heterocycles. The van der Waals surface area contributed by atoms with Gasteiger partial charge in [-0.15, -0.1) is 0 Å². The van der Waals surface area contributed by atoms with Crippen molar-refractivity contribution in [3.63, 3.8) is 0 Å². The fourth-order valence-corrected chi connectivity index (χ4v) is 6.41. The molecule has 1 atom stereocenters. The molecule has 2 aromatic heterocycles. The van der Waals surface area contributed by atoms with Crippen molar-refractivity contribution in [2.24, 2.45) is 0 Å². The fraction of sp³-hybridized carbons (Fsp3) is 0.273. The second-order valence-corrected chi connectivity index (χ2v) is 12.8. The van der Waals surface area contributed by atoms with E-state index < -0.39 is 23.0 Å². The molecule has 2 aliphatic carbocycles. The molecular weight excluding hydrogens is 613 g/mol. The van der Waals surface area contributed by atoms with Crippen LogP contribution >= 0.6 is 23.2 Å². The Bertz CT molecular complexity index is 1900. The molecule has 2 aromatic carbocycles. The third-order valence-electron chi connectivity index (χ3n) is 8.69. The zero-order chi connectivity index (χ0) is 31.5. The third kappa shape index (κ3) is 5.22. The van der Waals surface area contributed by atoms with Crippen LogP contribution in [0.1, 0.15) is 64.6 Å². The third-order valence-corrected chi connectivity index (χ3v) is 9.13. The van der Waals surface area contributed by atoms with Crippen LogP contribution in [-0.2, 0) is 21.5 Å². The Balaban J connectivity index is 1.19. The van der Waals surface area contributed by atoms with Crippen molar-refractivity contribution >= 4 is 52.6 Å². The Morgan fingerprint density at radius 2 is 1.71 bits per heavy atom. The maximum absolute atomic E-state index is 14.0. The van der Waals surface area contributed by atoms with E-state index >= 15 is 0 Å². The number of hydrogen-bond donors (Lipinski definition) is 2. The van der Waals surface area contributed by atoms with E-state index in [0.717, 1.165) is 29.7 Å². The Labute approximate surface area is 269 Å². The molecule has 0 bridgehead atoms. The lowest BCUT2D eigenvalue weighted by Crippen LogP contribution is -2.52. The molecule has 1 unspecified atom stereocenters. The number of fused-ring (bicyclic) bond motifs is 1. The summed E-state index contributed by atoms with van der Waals surface area (Å²) in [5.74, 6) is -0.851. The molecule has 0 spiro atoms. The van der Waals surface area contributed by atoms with Gasteiger partial charge in [0.1, 0.15) is 17.3 Å². The van der Waals surface area contributed by atoms with Crippen LogP contribution in [0.3, 0.4) is 0 Å². The van der Waals surface area contributed by atoms with E-state index in [-0.39, 0.29) is 29.9 Å². The van der Waals surface area contributed by atoms with Gasteiger partial charge < -0.3 is 10.6 Å². The van der Waals surface area contributed by atoms with E-state index in [2.05, 4.69) is 26.7 Å². The highest BCUT2D eigenvalue weighted by Gasteiger charge is 2.56. The van der Waals surface area contributed by atoms with Crippen LogP contribution in [0.25, 0.3) is 0 Å². The summed E-state index contributed by atoms with van der Waals surface area (Å²) >= 11 is 12.6. The molecule has 12 heteroatoms. The zero-order valence-corrected chi connectivity index (χ0v) is 25.7. The summed E-state index contributed by atoms with van der Waals surface area (Å²) in [6.07, 6.45) is 5.91. The van der Waals surface area contributed by atoms with Crippen molar-refractivity contribution < 1.29 is 14.4 Å². The zero-order valence-electron chi connectivity index (χ0n) is 24.2. The van der Waals surface area contributed by atoms with Gasteiger partial charge in [-0.05, 0) is 86.2 Å². The first-order valence-electron chi connectivity index (χ1n) is 14.6. The Morgan fingerprint density at radius 3 is 2.33 bits per heavy atom. The van der Waals surface area contributed by atoms with Crippen molar-refractivity contribution in [3.8, 4) is 6.07 Å². The fourth-order valence-electron chi connectivity index (χ4n) is 5.90. The summed E-state index contributed by atoms with van der Waals surface area (Å²) in [7, 11) is 0. The molecular formula is C33H27Cl2N7O3. The number of benzene rings is 2. The van der Waals surface area contributed by atoms with Crippen molar-refractivity contribution in [1.29, 1.82) is 5.26 Å². The van der Waals surface area contributed by atoms with Crippen molar-refractivity contribution in [1.82, 2.24) is 25.2 Å². The number of nitriles is 1. The SMILES string of the molecule is Cc1ccnc(C2(NC(=O)C3(NC(=O)c4cnc5n4C(Cc4ccc(C#N)cc4)C(=O)N5c4cc(Cl)cc(Cl)c4)CC3)CC2)c1. The molecule has 0 radical (unpaired) electrons. The minimum absolute atomic E-state index is 0.146. The van der Waals surface area contributed by atoms with E-state index in [0.29, 0.717) is 34.1 Å². The van der Waals surface area contributed by atoms with Gasteiger partial charge in [-0.1, -0.05) is 35.3 Å². The summed E-state index contributed by atoms with van der Waals surface area (Å²) < 4.78 is 1.59. The van der Waals surface area contributed by atoms with Crippen LogP contribution in [0.2, 0.25) is 10.0 Å². The van der Waals surface area contributed by atoms with Gasteiger partial charge in [-0.3, -0.25) is 23.9 Å². The molecule has 4 aromatic rings. The Kier molecular flexibility index (Phi) is 6.91. The Hall–Kier alpha value is -4.72. The Morgan fingerprint density at radius 1 is 1.00 bits per heavy atom. The highest BCUT2D eigenvalue weighted by atomic mass is 35.5. The number of rotatable bonds is 8. The molecule has 226 valence electrons. The van der Waals surface area contributed by atoms with Gasteiger partial charge in [0.05, 0.1) is 34.7 Å². The molecule has 2 fully saturated rings. The summed E-state index contributed by atoms with van der Waals surface area (Å²) in [5, 5.41) is 16.0. The van der Waals surface area contributed by atoms with Gasteiger partial charge >= 0.3 is 0 Å². The largest absolute Gasteiger partial charge is 0.343 e. The smallest absolute Gasteiger partial charge is 0.270 e. The minimum atomic E-state index is -1.06. The molecule has 3 amide bonds. The van der Waals surface area contributed by atoms with Gasteiger partial charge in [0.25, 0.3) is 11.8 Å². The predicted octanol–water partition coefficient (Wildman–Crippen LogP) is 5.30. The summed E-state index contributed by atoms with van der Waals surface area (Å²) in [5.41, 5.74) is 2.13. The molecule has 3 aliphatic rings. The van der Waals surface area contributed by atoms with Gasteiger partial charge in [-0.2, -0.15) is 5.26 Å².